The van der Waals surface area contributed by atoms with Crippen LogP contribution >= 0.6 is 23.4 Å². The molecule has 1 aliphatic rings. The van der Waals surface area contributed by atoms with Crippen LogP contribution in [0, 0.1) is 11.8 Å². The van der Waals surface area contributed by atoms with Gasteiger partial charge in [-0.3, -0.25) is 19.9 Å². The Morgan fingerprint density at radius 1 is 1.15 bits per heavy atom. The molecule has 2 amide bonds. The molecule has 1 N–H and O–H groups in total. The summed E-state index contributed by atoms with van der Waals surface area (Å²) in [5.41, 5.74) is 1.87. The summed E-state index contributed by atoms with van der Waals surface area (Å²) in [6, 6.07) is 9.04. The molecule has 1 aliphatic heterocycles. The zero-order valence-corrected chi connectivity index (χ0v) is 14.6. The fraction of sp³-hybridized carbons (Fsp3) is 0. The Labute approximate surface area is 157 Å². The van der Waals surface area contributed by atoms with Gasteiger partial charge in [0.2, 0.25) is 0 Å². The summed E-state index contributed by atoms with van der Waals surface area (Å²) in [7, 11) is 0. The molecular formula is C19H9ClN2O3S. The number of furan rings is 1. The molecular weight excluding hydrogens is 372 g/mol. The first-order valence-corrected chi connectivity index (χ1v) is 8.68. The van der Waals surface area contributed by atoms with Crippen LogP contribution in [0.4, 0.5) is 4.79 Å². The number of fused-ring (bicyclic) bond motifs is 1. The van der Waals surface area contributed by atoms with Crippen LogP contribution in [0.15, 0.2) is 52.0 Å². The molecule has 2 aromatic heterocycles. The Kier molecular flexibility index (Phi) is 4.25. The van der Waals surface area contributed by atoms with E-state index >= 15 is 0 Å². The molecule has 0 radical (unpaired) electrons. The Morgan fingerprint density at radius 3 is 2.73 bits per heavy atom. The van der Waals surface area contributed by atoms with Crippen molar-refractivity contribution in [1.29, 1.82) is 0 Å². The highest BCUT2D eigenvalue weighted by atomic mass is 35.5. The number of carbonyl (C=O) groups is 2. The van der Waals surface area contributed by atoms with Crippen molar-refractivity contribution < 1.29 is 14.0 Å². The van der Waals surface area contributed by atoms with Gasteiger partial charge in [0, 0.05) is 29.4 Å². The van der Waals surface area contributed by atoms with Gasteiger partial charge in [-0.2, -0.15) is 0 Å². The predicted molar refractivity (Wildman–Crippen MR) is 101 cm³/mol. The van der Waals surface area contributed by atoms with Crippen molar-refractivity contribution in [2.24, 2.45) is 0 Å². The maximum atomic E-state index is 11.7. The molecule has 0 atom stereocenters. The minimum atomic E-state index is -0.433. The standard InChI is InChI=1S/C19H9ClN2O3S/c20-15-4-2-1-3-11(15)5-6-12-9-21-10-13-7-14(25-17(12)13)8-16-18(23)22-19(24)26-16/h1-4,7-10H,(H,22,23,24). The van der Waals surface area contributed by atoms with E-state index in [1.807, 2.05) is 18.2 Å². The van der Waals surface area contributed by atoms with E-state index in [1.165, 1.54) is 6.08 Å². The van der Waals surface area contributed by atoms with E-state index in [1.54, 1.807) is 24.5 Å². The number of rotatable bonds is 1. The summed E-state index contributed by atoms with van der Waals surface area (Å²) in [6.07, 6.45) is 4.78. The topological polar surface area (TPSA) is 72.2 Å². The smallest absolute Gasteiger partial charge is 0.290 e. The molecule has 5 nitrogen and oxygen atoms in total. The quantitative estimate of drug-likeness (QED) is 0.506. The number of pyridine rings is 1. The van der Waals surface area contributed by atoms with E-state index in [-0.39, 0.29) is 4.91 Å². The Balaban J connectivity index is 1.73. The van der Waals surface area contributed by atoms with Gasteiger partial charge in [0.15, 0.2) is 5.58 Å². The third-order valence-corrected chi connectivity index (χ3v) is 4.70. The largest absolute Gasteiger partial charge is 0.455 e. The van der Waals surface area contributed by atoms with Crippen LogP contribution < -0.4 is 5.32 Å². The molecule has 1 aromatic carbocycles. The van der Waals surface area contributed by atoms with Crippen LogP contribution in [0.1, 0.15) is 16.9 Å². The SMILES string of the molecule is O=C1NC(=O)C(=Cc2cc3cncc(C#Cc4ccccc4Cl)c3o2)S1. The number of amides is 2. The van der Waals surface area contributed by atoms with Crippen molar-refractivity contribution in [1.82, 2.24) is 10.3 Å². The molecule has 1 saturated heterocycles. The van der Waals surface area contributed by atoms with Crippen molar-refractivity contribution in [3.8, 4) is 11.8 Å². The first-order valence-electron chi connectivity index (χ1n) is 7.49. The lowest BCUT2D eigenvalue weighted by atomic mass is 10.2. The number of carbonyl (C=O) groups excluding carboxylic acids is 2. The monoisotopic (exact) mass is 380 g/mol. The number of nitrogens with one attached hydrogen (secondary N) is 1. The maximum absolute atomic E-state index is 11.7. The second kappa shape index (κ2) is 6.71. The van der Waals surface area contributed by atoms with Crippen LogP contribution in [0.2, 0.25) is 5.02 Å². The number of nitrogens with zero attached hydrogens (tertiary/aromatic N) is 1. The van der Waals surface area contributed by atoms with Gasteiger partial charge in [-0.1, -0.05) is 35.6 Å². The van der Waals surface area contributed by atoms with Gasteiger partial charge < -0.3 is 4.42 Å². The second-order valence-electron chi connectivity index (χ2n) is 5.34. The lowest BCUT2D eigenvalue weighted by Gasteiger charge is -1.94. The van der Waals surface area contributed by atoms with Gasteiger partial charge in [0.25, 0.3) is 11.1 Å². The predicted octanol–water partition coefficient (Wildman–Crippen LogP) is 4.20. The number of imide groups is 1. The van der Waals surface area contributed by atoms with Crippen molar-refractivity contribution in [2.75, 3.05) is 0 Å². The maximum Gasteiger partial charge on any atom is 0.290 e. The van der Waals surface area contributed by atoms with Crippen LogP contribution in [0.5, 0.6) is 0 Å². The number of hydrogen-bond acceptors (Lipinski definition) is 5. The van der Waals surface area contributed by atoms with E-state index in [0.717, 1.165) is 17.1 Å². The second-order valence-corrected chi connectivity index (χ2v) is 6.76. The Bertz CT molecular complexity index is 1150. The van der Waals surface area contributed by atoms with Gasteiger partial charge in [0.05, 0.1) is 15.5 Å². The summed E-state index contributed by atoms with van der Waals surface area (Å²) in [4.78, 5) is 27.3. The van der Waals surface area contributed by atoms with Crippen LogP contribution in [0.3, 0.4) is 0 Å². The molecule has 0 unspecified atom stereocenters. The summed E-state index contributed by atoms with van der Waals surface area (Å²) >= 11 is 6.95. The van der Waals surface area contributed by atoms with E-state index < -0.39 is 11.1 Å². The first-order chi connectivity index (χ1) is 12.6. The molecule has 126 valence electrons. The first kappa shape index (κ1) is 16.5. The fourth-order valence-corrected chi connectivity index (χ4v) is 3.24. The summed E-state index contributed by atoms with van der Waals surface area (Å²) in [5.74, 6) is 6.04. The minimum Gasteiger partial charge on any atom is -0.455 e. The van der Waals surface area contributed by atoms with Gasteiger partial charge in [-0.25, -0.2) is 0 Å². The third kappa shape index (κ3) is 3.23. The van der Waals surface area contributed by atoms with Crippen molar-refractivity contribution >= 4 is 51.6 Å². The highest BCUT2D eigenvalue weighted by Gasteiger charge is 2.25. The molecule has 0 spiro atoms. The van der Waals surface area contributed by atoms with E-state index in [9.17, 15) is 9.59 Å². The summed E-state index contributed by atoms with van der Waals surface area (Å²) in [6.45, 7) is 0. The minimum absolute atomic E-state index is 0.283. The molecule has 3 aromatic rings. The average molecular weight is 381 g/mol. The molecule has 26 heavy (non-hydrogen) atoms. The molecule has 1 fully saturated rings. The fourth-order valence-electron chi connectivity index (χ4n) is 2.39. The van der Waals surface area contributed by atoms with Gasteiger partial charge in [-0.05, 0) is 30.0 Å². The van der Waals surface area contributed by atoms with E-state index in [2.05, 4.69) is 22.1 Å². The highest BCUT2D eigenvalue weighted by Crippen LogP contribution is 2.29. The van der Waals surface area contributed by atoms with Crippen LogP contribution in [-0.2, 0) is 4.79 Å². The zero-order valence-electron chi connectivity index (χ0n) is 13.1. The molecule has 0 bridgehead atoms. The van der Waals surface area contributed by atoms with Crippen LogP contribution in [-0.4, -0.2) is 16.1 Å². The summed E-state index contributed by atoms with van der Waals surface area (Å²) in [5, 5.41) is 3.12. The highest BCUT2D eigenvalue weighted by molar-refractivity contribution is 8.18. The molecule has 3 heterocycles. The number of benzene rings is 1. The molecule has 0 saturated carbocycles. The number of halogens is 1. The average Bonchev–Trinajstić information content (AvgIpc) is 3.17. The van der Waals surface area contributed by atoms with E-state index in [0.29, 0.717) is 27.5 Å². The number of aromatic nitrogens is 1. The zero-order chi connectivity index (χ0) is 18.1. The lowest BCUT2D eigenvalue weighted by molar-refractivity contribution is -0.115. The molecule has 4 rings (SSSR count). The van der Waals surface area contributed by atoms with Crippen molar-refractivity contribution in [3.05, 3.63) is 69.5 Å². The lowest BCUT2D eigenvalue weighted by Crippen LogP contribution is -2.17. The number of thioether (sulfide) groups is 1. The summed E-state index contributed by atoms with van der Waals surface area (Å²) < 4.78 is 5.81. The normalized spacial score (nSPS) is 15.2. The van der Waals surface area contributed by atoms with Crippen molar-refractivity contribution in [3.63, 3.8) is 0 Å². The van der Waals surface area contributed by atoms with Gasteiger partial charge in [0.1, 0.15) is 5.76 Å². The van der Waals surface area contributed by atoms with E-state index in [4.69, 9.17) is 16.0 Å². The number of hydrogen-bond donors (Lipinski definition) is 1. The third-order valence-electron chi connectivity index (χ3n) is 3.56. The van der Waals surface area contributed by atoms with Crippen molar-refractivity contribution in [2.45, 2.75) is 0 Å². The van der Waals surface area contributed by atoms with Gasteiger partial charge >= 0.3 is 0 Å². The molecule has 0 aliphatic carbocycles. The molecule has 7 heteroatoms. The Morgan fingerprint density at radius 2 is 1.96 bits per heavy atom. The van der Waals surface area contributed by atoms with Gasteiger partial charge in [-0.15, -0.1) is 0 Å². The Hall–Kier alpha value is -3.01. The van der Waals surface area contributed by atoms with Crippen LogP contribution in [0.25, 0.3) is 17.0 Å².